The van der Waals surface area contributed by atoms with E-state index in [1.165, 1.54) is 0 Å². The predicted molar refractivity (Wildman–Crippen MR) is 92.6 cm³/mol. The number of halogens is 1. The summed E-state index contributed by atoms with van der Waals surface area (Å²) in [7, 11) is 1.28. The van der Waals surface area contributed by atoms with Gasteiger partial charge in [-0.1, -0.05) is 26.0 Å². The molecular formula is C16H26ClNO3Si. The third kappa shape index (κ3) is 5.09. The lowest BCUT2D eigenvalue weighted by atomic mass is 10.1. The highest BCUT2D eigenvalue weighted by molar-refractivity contribution is 6.68. The number of alkyl halides is 1. The summed E-state index contributed by atoms with van der Waals surface area (Å²) < 4.78 is 11.3. The summed E-state index contributed by atoms with van der Waals surface area (Å²) in [6.07, 6.45) is 0.845. The number of hydrogen-bond donors (Lipinski definition) is 1. The third-order valence-corrected chi connectivity index (χ3v) is 8.43. The van der Waals surface area contributed by atoms with Crippen LogP contribution < -0.4 is 5.32 Å². The van der Waals surface area contributed by atoms with Gasteiger partial charge in [-0.05, 0) is 35.7 Å². The number of carbonyl (C=O) groups excluding carboxylic acids is 1. The summed E-state index contributed by atoms with van der Waals surface area (Å²) in [6, 6.07) is 8.20. The van der Waals surface area contributed by atoms with Gasteiger partial charge >= 0.3 is 8.56 Å². The lowest BCUT2D eigenvalue weighted by Crippen LogP contribution is -2.43. The van der Waals surface area contributed by atoms with Crippen LogP contribution in [0.25, 0.3) is 0 Å². The second-order valence-corrected chi connectivity index (χ2v) is 9.93. The van der Waals surface area contributed by atoms with Crippen molar-refractivity contribution in [1.82, 2.24) is 5.32 Å². The zero-order valence-electron chi connectivity index (χ0n) is 13.8. The predicted octanol–water partition coefficient (Wildman–Crippen LogP) is 3.69. The Morgan fingerprint density at radius 3 is 2.27 bits per heavy atom. The van der Waals surface area contributed by atoms with Crippen LogP contribution in [0.2, 0.25) is 11.6 Å². The first kappa shape index (κ1) is 19.2. The Morgan fingerprint density at radius 2 is 1.82 bits per heavy atom. The second-order valence-electron chi connectivity index (χ2n) is 5.56. The van der Waals surface area contributed by atoms with Gasteiger partial charge in [0.2, 0.25) is 0 Å². The molecule has 6 heteroatoms. The van der Waals surface area contributed by atoms with Crippen molar-refractivity contribution in [2.75, 3.05) is 20.8 Å². The van der Waals surface area contributed by atoms with Crippen LogP contribution in [0.15, 0.2) is 24.3 Å². The molecule has 0 aliphatic rings. The van der Waals surface area contributed by atoms with Crippen molar-refractivity contribution in [1.29, 1.82) is 0 Å². The Bertz CT molecular complexity index is 461. The van der Waals surface area contributed by atoms with Gasteiger partial charge in [-0.25, -0.2) is 0 Å². The molecule has 1 aromatic carbocycles. The lowest BCUT2D eigenvalue weighted by molar-refractivity contribution is 0.0953. The smallest absolute Gasteiger partial charge is 0.340 e. The molecule has 0 heterocycles. The minimum absolute atomic E-state index is 0.0623. The highest BCUT2D eigenvalue weighted by atomic mass is 35.5. The van der Waals surface area contributed by atoms with Crippen molar-refractivity contribution in [2.24, 2.45) is 0 Å². The van der Waals surface area contributed by atoms with Crippen LogP contribution in [-0.4, -0.2) is 35.2 Å². The summed E-state index contributed by atoms with van der Waals surface area (Å²) in [4.78, 5) is 12.0. The summed E-state index contributed by atoms with van der Waals surface area (Å²) in [5.41, 5.74) is 2.03. The maximum Gasteiger partial charge on any atom is 0.340 e. The maximum absolute atomic E-state index is 12.0. The normalized spacial score (nSPS) is 11.7. The summed E-state index contributed by atoms with van der Waals surface area (Å²) in [5.74, 6) is 0.394. The molecule has 22 heavy (non-hydrogen) atoms. The van der Waals surface area contributed by atoms with Gasteiger partial charge in [-0.15, -0.1) is 11.6 Å². The molecule has 0 aliphatic carbocycles. The van der Waals surface area contributed by atoms with Crippen LogP contribution in [0, 0.1) is 0 Å². The zero-order valence-corrected chi connectivity index (χ0v) is 15.6. The average molecular weight is 344 g/mol. The van der Waals surface area contributed by atoms with Crippen molar-refractivity contribution < 1.29 is 13.6 Å². The SMILES string of the molecule is CO[Si](CCCNC(=O)c1ccc(CCl)cc1)(OC)C(C)C. The molecule has 4 nitrogen and oxygen atoms in total. The molecule has 0 radical (unpaired) electrons. The van der Waals surface area contributed by atoms with Gasteiger partial charge in [0, 0.05) is 32.2 Å². The van der Waals surface area contributed by atoms with Crippen LogP contribution in [-0.2, 0) is 14.7 Å². The standard InChI is InChI=1S/C16H26ClNO3Si/c1-13(2)22(20-3,21-4)11-5-10-18-16(19)15-8-6-14(12-17)7-9-15/h6-9,13H,5,10-12H2,1-4H3,(H,18,19). The Morgan fingerprint density at radius 1 is 1.23 bits per heavy atom. The third-order valence-electron chi connectivity index (χ3n) is 3.93. The Hall–Kier alpha value is -0.883. The summed E-state index contributed by atoms with van der Waals surface area (Å²) in [5, 5.41) is 2.94. The average Bonchev–Trinajstić information content (AvgIpc) is 2.55. The first-order valence-electron chi connectivity index (χ1n) is 7.52. The first-order chi connectivity index (χ1) is 10.5. The number of hydrogen-bond acceptors (Lipinski definition) is 3. The monoisotopic (exact) mass is 343 g/mol. The quantitative estimate of drug-likeness (QED) is 0.422. The van der Waals surface area contributed by atoms with Crippen LogP contribution in [0.4, 0.5) is 0 Å². The van der Waals surface area contributed by atoms with Crippen molar-refractivity contribution in [3.05, 3.63) is 35.4 Å². The largest absolute Gasteiger partial charge is 0.397 e. The first-order valence-corrected chi connectivity index (χ1v) is 10.2. The van der Waals surface area contributed by atoms with E-state index in [1.54, 1.807) is 26.4 Å². The molecule has 0 aromatic heterocycles. The number of amides is 1. The lowest BCUT2D eigenvalue weighted by Gasteiger charge is -2.31. The van der Waals surface area contributed by atoms with Crippen molar-refractivity contribution in [3.63, 3.8) is 0 Å². The molecule has 124 valence electrons. The van der Waals surface area contributed by atoms with E-state index < -0.39 is 8.56 Å². The molecule has 1 amide bonds. The topological polar surface area (TPSA) is 47.6 Å². The molecular weight excluding hydrogens is 318 g/mol. The molecule has 0 unspecified atom stereocenters. The molecule has 1 aromatic rings. The van der Waals surface area contributed by atoms with E-state index in [0.29, 0.717) is 23.5 Å². The molecule has 0 bridgehead atoms. The molecule has 1 N–H and O–H groups in total. The minimum atomic E-state index is -2.15. The van der Waals surface area contributed by atoms with E-state index in [-0.39, 0.29) is 5.91 Å². The molecule has 0 aliphatic heterocycles. The van der Waals surface area contributed by atoms with Crippen LogP contribution in [0.5, 0.6) is 0 Å². The number of rotatable bonds is 9. The van der Waals surface area contributed by atoms with Crippen molar-refractivity contribution in [2.45, 2.75) is 37.7 Å². The van der Waals surface area contributed by atoms with Gasteiger partial charge in [0.1, 0.15) is 0 Å². The molecule has 0 fully saturated rings. The van der Waals surface area contributed by atoms with E-state index in [0.717, 1.165) is 18.0 Å². The fourth-order valence-electron chi connectivity index (χ4n) is 2.43. The van der Waals surface area contributed by atoms with Gasteiger partial charge in [0.25, 0.3) is 5.91 Å². The summed E-state index contributed by atoms with van der Waals surface area (Å²) in [6.45, 7) is 4.86. The van der Waals surface area contributed by atoms with E-state index in [2.05, 4.69) is 19.2 Å². The number of carbonyl (C=O) groups is 1. The number of nitrogens with one attached hydrogen (secondary N) is 1. The van der Waals surface area contributed by atoms with E-state index in [4.69, 9.17) is 20.5 Å². The highest BCUT2D eigenvalue weighted by Crippen LogP contribution is 2.27. The van der Waals surface area contributed by atoms with Crippen molar-refractivity contribution in [3.8, 4) is 0 Å². The fraction of sp³-hybridized carbons (Fsp3) is 0.562. The molecule has 0 spiro atoms. The van der Waals surface area contributed by atoms with Crippen LogP contribution >= 0.6 is 11.6 Å². The van der Waals surface area contributed by atoms with Crippen LogP contribution in [0.1, 0.15) is 36.2 Å². The molecule has 0 atom stereocenters. The maximum atomic E-state index is 12.0. The van der Waals surface area contributed by atoms with E-state index >= 15 is 0 Å². The van der Waals surface area contributed by atoms with Gasteiger partial charge in [0.15, 0.2) is 0 Å². The van der Waals surface area contributed by atoms with Gasteiger partial charge in [-0.3, -0.25) is 4.79 Å². The van der Waals surface area contributed by atoms with Crippen molar-refractivity contribution >= 4 is 26.1 Å². The second kappa shape index (κ2) is 9.30. The highest BCUT2D eigenvalue weighted by Gasteiger charge is 2.38. The summed E-state index contributed by atoms with van der Waals surface area (Å²) >= 11 is 5.74. The van der Waals surface area contributed by atoms with E-state index in [1.807, 2.05) is 12.1 Å². The van der Waals surface area contributed by atoms with Gasteiger partial charge < -0.3 is 14.2 Å². The van der Waals surface area contributed by atoms with Gasteiger partial charge in [0.05, 0.1) is 0 Å². The Kier molecular flexibility index (Phi) is 8.10. The zero-order chi connectivity index (χ0) is 16.6. The van der Waals surface area contributed by atoms with E-state index in [9.17, 15) is 4.79 Å². The molecule has 1 rings (SSSR count). The van der Waals surface area contributed by atoms with Gasteiger partial charge in [-0.2, -0.15) is 0 Å². The number of benzene rings is 1. The van der Waals surface area contributed by atoms with Crippen LogP contribution in [0.3, 0.4) is 0 Å². The molecule has 0 saturated heterocycles. The fourth-order valence-corrected chi connectivity index (χ4v) is 5.37. The minimum Gasteiger partial charge on any atom is -0.397 e. The molecule has 0 saturated carbocycles. The Balaban J connectivity index is 2.44. The Labute approximate surface area is 139 Å².